The third-order valence-corrected chi connectivity index (χ3v) is 3.80. The molecule has 1 aromatic carbocycles. The summed E-state index contributed by atoms with van der Waals surface area (Å²) >= 11 is 0. The molecule has 0 amide bonds. The van der Waals surface area contributed by atoms with E-state index in [1.54, 1.807) is 12.3 Å². The van der Waals surface area contributed by atoms with Gasteiger partial charge in [0.2, 0.25) is 0 Å². The Hall–Kier alpha value is -2.01. The SMILES string of the molecule is N[C@H]1CN(c2ccc(-c3cccc(F)c3)nc2)CC[C@H]1F. The Bertz CT molecular complexity index is 615. The monoisotopic (exact) mass is 289 g/mol. The summed E-state index contributed by atoms with van der Waals surface area (Å²) in [4.78, 5) is 6.40. The van der Waals surface area contributed by atoms with Gasteiger partial charge in [0, 0.05) is 18.7 Å². The van der Waals surface area contributed by atoms with Crippen LogP contribution in [0.25, 0.3) is 11.3 Å². The molecule has 110 valence electrons. The van der Waals surface area contributed by atoms with Gasteiger partial charge in [-0.1, -0.05) is 12.1 Å². The summed E-state index contributed by atoms with van der Waals surface area (Å²) in [5, 5.41) is 0. The number of benzene rings is 1. The minimum Gasteiger partial charge on any atom is -0.369 e. The van der Waals surface area contributed by atoms with Crippen LogP contribution in [0.4, 0.5) is 14.5 Å². The van der Waals surface area contributed by atoms with E-state index in [-0.39, 0.29) is 5.82 Å². The second kappa shape index (κ2) is 5.77. The maximum atomic E-state index is 13.4. The first kappa shape index (κ1) is 13.9. The zero-order chi connectivity index (χ0) is 14.8. The highest BCUT2D eigenvalue weighted by Gasteiger charge is 2.26. The molecule has 2 aromatic rings. The lowest BCUT2D eigenvalue weighted by Gasteiger charge is -2.34. The largest absolute Gasteiger partial charge is 0.369 e. The molecule has 2 N–H and O–H groups in total. The molecule has 0 bridgehead atoms. The van der Waals surface area contributed by atoms with Gasteiger partial charge in [-0.25, -0.2) is 8.78 Å². The Labute approximate surface area is 122 Å². The molecule has 2 atom stereocenters. The fraction of sp³-hybridized carbons (Fsp3) is 0.312. The van der Waals surface area contributed by atoms with Crippen LogP contribution in [0.3, 0.4) is 0 Å². The van der Waals surface area contributed by atoms with Crippen LogP contribution in [0.2, 0.25) is 0 Å². The van der Waals surface area contributed by atoms with E-state index in [0.717, 1.165) is 11.3 Å². The standard InChI is InChI=1S/C16H17F2N3/c17-12-3-1-2-11(8-12)16-5-4-13(9-20-16)21-7-6-14(18)15(19)10-21/h1-5,8-9,14-15H,6-7,10,19H2/t14-,15+/m1/s1. The van der Waals surface area contributed by atoms with E-state index in [9.17, 15) is 8.78 Å². The van der Waals surface area contributed by atoms with Crippen LogP contribution in [-0.2, 0) is 0 Å². The van der Waals surface area contributed by atoms with E-state index in [1.807, 2.05) is 23.1 Å². The summed E-state index contributed by atoms with van der Waals surface area (Å²) in [7, 11) is 0. The van der Waals surface area contributed by atoms with Gasteiger partial charge in [-0.05, 0) is 30.7 Å². The molecule has 1 aliphatic heterocycles. The summed E-state index contributed by atoms with van der Waals surface area (Å²) in [5.74, 6) is -0.283. The Kier molecular flexibility index (Phi) is 3.84. The van der Waals surface area contributed by atoms with Crippen molar-refractivity contribution in [1.82, 2.24) is 4.98 Å². The number of anilines is 1. The van der Waals surface area contributed by atoms with Crippen molar-refractivity contribution in [2.24, 2.45) is 5.73 Å². The van der Waals surface area contributed by atoms with E-state index in [0.29, 0.717) is 25.2 Å². The highest BCUT2D eigenvalue weighted by atomic mass is 19.1. The molecule has 1 saturated heterocycles. The number of nitrogens with zero attached hydrogens (tertiary/aromatic N) is 2. The Morgan fingerprint density at radius 2 is 2.10 bits per heavy atom. The Balaban J connectivity index is 1.78. The molecule has 21 heavy (non-hydrogen) atoms. The first-order chi connectivity index (χ1) is 10.1. The molecule has 3 rings (SSSR count). The molecule has 1 fully saturated rings. The van der Waals surface area contributed by atoms with E-state index in [1.165, 1.54) is 12.1 Å². The summed E-state index contributed by atoms with van der Waals surface area (Å²) in [6.07, 6.45) is 1.24. The molecule has 0 radical (unpaired) electrons. The van der Waals surface area contributed by atoms with Crippen LogP contribution < -0.4 is 10.6 Å². The molecule has 0 spiro atoms. The number of hydrogen-bond acceptors (Lipinski definition) is 3. The van der Waals surface area contributed by atoms with E-state index < -0.39 is 12.2 Å². The molecule has 3 nitrogen and oxygen atoms in total. The summed E-state index contributed by atoms with van der Waals surface area (Å²) in [5.41, 5.74) is 8.13. The molecule has 5 heteroatoms. The van der Waals surface area contributed by atoms with Crippen molar-refractivity contribution >= 4 is 5.69 Å². The minimum absolute atomic E-state index is 0.283. The van der Waals surface area contributed by atoms with Gasteiger partial charge < -0.3 is 10.6 Å². The van der Waals surface area contributed by atoms with Crippen molar-refractivity contribution in [3.8, 4) is 11.3 Å². The van der Waals surface area contributed by atoms with Crippen molar-refractivity contribution in [2.75, 3.05) is 18.0 Å². The van der Waals surface area contributed by atoms with Crippen molar-refractivity contribution in [3.05, 3.63) is 48.4 Å². The lowest BCUT2D eigenvalue weighted by Crippen LogP contribution is -2.49. The highest BCUT2D eigenvalue weighted by Crippen LogP contribution is 2.23. The topological polar surface area (TPSA) is 42.1 Å². The van der Waals surface area contributed by atoms with Gasteiger partial charge in [0.1, 0.15) is 12.0 Å². The number of hydrogen-bond donors (Lipinski definition) is 1. The first-order valence-electron chi connectivity index (χ1n) is 7.00. The van der Waals surface area contributed by atoms with Gasteiger partial charge in [-0.15, -0.1) is 0 Å². The minimum atomic E-state index is -0.930. The van der Waals surface area contributed by atoms with Gasteiger partial charge >= 0.3 is 0 Å². The molecular formula is C16H17F2N3. The van der Waals surface area contributed by atoms with Crippen LogP contribution in [0.5, 0.6) is 0 Å². The van der Waals surface area contributed by atoms with Crippen molar-refractivity contribution in [2.45, 2.75) is 18.6 Å². The molecule has 0 unspecified atom stereocenters. The zero-order valence-electron chi connectivity index (χ0n) is 11.5. The van der Waals surface area contributed by atoms with E-state index in [4.69, 9.17) is 5.73 Å². The summed E-state index contributed by atoms with van der Waals surface area (Å²) in [6.45, 7) is 1.12. The van der Waals surface area contributed by atoms with Gasteiger partial charge in [0.05, 0.1) is 23.6 Å². The predicted octanol–water partition coefficient (Wildman–Crippen LogP) is 2.76. The molecule has 1 aliphatic rings. The molecule has 1 aromatic heterocycles. The molecular weight excluding hydrogens is 272 g/mol. The van der Waals surface area contributed by atoms with Gasteiger partial charge in [0.15, 0.2) is 0 Å². The normalized spacial score (nSPS) is 22.3. The lowest BCUT2D eigenvalue weighted by atomic mass is 10.0. The maximum Gasteiger partial charge on any atom is 0.123 e. The second-order valence-corrected chi connectivity index (χ2v) is 5.33. The van der Waals surface area contributed by atoms with Crippen LogP contribution in [0.15, 0.2) is 42.6 Å². The highest BCUT2D eigenvalue weighted by molar-refractivity contribution is 5.61. The predicted molar refractivity (Wildman–Crippen MR) is 79.3 cm³/mol. The number of pyridine rings is 1. The number of alkyl halides is 1. The number of piperidine rings is 1. The quantitative estimate of drug-likeness (QED) is 0.924. The lowest BCUT2D eigenvalue weighted by molar-refractivity contribution is 0.244. The summed E-state index contributed by atoms with van der Waals surface area (Å²) in [6, 6.07) is 9.63. The van der Waals surface area contributed by atoms with Crippen LogP contribution in [0, 0.1) is 5.82 Å². The van der Waals surface area contributed by atoms with Crippen LogP contribution in [0.1, 0.15) is 6.42 Å². The number of rotatable bonds is 2. The molecule has 2 heterocycles. The number of nitrogens with two attached hydrogens (primary N) is 1. The number of aromatic nitrogens is 1. The second-order valence-electron chi connectivity index (χ2n) is 5.33. The average Bonchev–Trinajstić information content (AvgIpc) is 2.50. The van der Waals surface area contributed by atoms with Crippen LogP contribution in [-0.4, -0.2) is 30.3 Å². The fourth-order valence-electron chi connectivity index (χ4n) is 2.58. The average molecular weight is 289 g/mol. The zero-order valence-corrected chi connectivity index (χ0v) is 11.5. The smallest absolute Gasteiger partial charge is 0.123 e. The van der Waals surface area contributed by atoms with E-state index in [2.05, 4.69) is 4.98 Å². The molecule has 0 saturated carbocycles. The van der Waals surface area contributed by atoms with Crippen molar-refractivity contribution in [3.63, 3.8) is 0 Å². The Morgan fingerprint density at radius 3 is 2.76 bits per heavy atom. The molecule has 0 aliphatic carbocycles. The van der Waals surface area contributed by atoms with Crippen LogP contribution >= 0.6 is 0 Å². The van der Waals surface area contributed by atoms with E-state index >= 15 is 0 Å². The van der Waals surface area contributed by atoms with Crippen molar-refractivity contribution < 1.29 is 8.78 Å². The third-order valence-electron chi connectivity index (χ3n) is 3.80. The van der Waals surface area contributed by atoms with Gasteiger partial charge in [-0.3, -0.25) is 4.98 Å². The van der Waals surface area contributed by atoms with Gasteiger partial charge in [0.25, 0.3) is 0 Å². The Morgan fingerprint density at radius 1 is 1.24 bits per heavy atom. The maximum absolute atomic E-state index is 13.4. The third kappa shape index (κ3) is 3.03. The first-order valence-corrected chi connectivity index (χ1v) is 7.00. The fourth-order valence-corrected chi connectivity index (χ4v) is 2.58. The number of halogens is 2. The van der Waals surface area contributed by atoms with Crippen molar-refractivity contribution in [1.29, 1.82) is 0 Å². The van der Waals surface area contributed by atoms with Gasteiger partial charge in [-0.2, -0.15) is 0 Å². The summed E-state index contributed by atoms with van der Waals surface area (Å²) < 4.78 is 26.6.